The number of hydrogen-bond acceptors (Lipinski definition) is 4. The molecule has 0 aliphatic carbocycles. The second-order valence-electron chi connectivity index (χ2n) is 5.42. The number of carbonyl (C=O) groups is 1. The predicted molar refractivity (Wildman–Crippen MR) is 79.2 cm³/mol. The Morgan fingerprint density at radius 2 is 1.95 bits per heavy atom. The molecule has 0 aliphatic rings. The van der Waals surface area contributed by atoms with Gasteiger partial charge in [-0.3, -0.25) is 0 Å². The third kappa shape index (κ3) is 4.62. The Labute approximate surface area is 121 Å². The second kappa shape index (κ2) is 8.02. The van der Waals surface area contributed by atoms with E-state index in [2.05, 4.69) is 13.8 Å². The maximum absolute atomic E-state index is 12.0. The zero-order valence-corrected chi connectivity index (χ0v) is 12.6. The molecule has 1 rings (SSSR count). The van der Waals surface area contributed by atoms with Crippen molar-refractivity contribution in [1.29, 1.82) is 0 Å². The van der Waals surface area contributed by atoms with Crippen LogP contribution in [0.25, 0.3) is 0 Å². The number of hydrogen-bond donors (Lipinski definition) is 1. The third-order valence-electron chi connectivity index (χ3n) is 3.24. The van der Waals surface area contributed by atoms with Gasteiger partial charge in [0.1, 0.15) is 0 Å². The van der Waals surface area contributed by atoms with E-state index in [1.807, 2.05) is 30.3 Å². The molecule has 0 aliphatic heterocycles. The molecule has 112 valence electrons. The highest BCUT2D eigenvalue weighted by Gasteiger charge is 2.37. The van der Waals surface area contributed by atoms with Crippen molar-refractivity contribution in [2.75, 3.05) is 20.3 Å². The molecular weight excluding hydrogens is 254 g/mol. The van der Waals surface area contributed by atoms with Crippen molar-refractivity contribution < 1.29 is 14.3 Å². The lowest BCUT2D eigenvalue weighted by Gasteiger charge is -2.26. The van der Waals surface area contributed by atoms with Crippen LogP contribution in [0.3, 0.4) is 0 Å². The van der Waals surface area contributed by atoms with Gasteiger partial charge >= 0.3 is 5.97 Å². The lowest BCUT2D eigenvalue weighted by Crippen LogP contribution is -2.49. The van der Waals surface area contributed by atoms with E-state index >= 15 is 0 Å². The van der Waals surface area contributed by atoms with Gasteiger partial charge in [0.15, 0.2) is 5.54 Å². The van der Waals surface area contributed by atoms with Gasteiger partial charge in [-0.25, -0.2) is 4.79 Å². The van der Waals surface area contributed by atoms with E-state index in [9.17, 15) is 4.79 Å². The number of rotatable bonds is 8. The minimum absolute atomic E-state index is 0.127. The van der Waals surface area contributed by atoms with Crippen molar-refractivity contribution in [2.24, 2.45) is 11.7 Å². The lowest BCUT2D eigenvalue weighted by atomic mass is 9.92. The largest absolute Gasteiger partial charge is 0.467 e. The summed E-state index contributed by atoms with van der Waals surface area (Å²) in [6.45, 7) is 5.07. The summed E-state index contributed by atoms with van der Waals surface area (Å²) in [5, 5.41) is 0. The van der Waals surface area contributed by atoms with Crippen molar-refractivity contribution >= 4 is 5.97 Å². The number of esters is 1. The van der Waals surface area contributed by atoms with Crippen LogP contribution in [-0.2, 0) is 19.8 Å². The van der Waals surface area contributed by atoms with Crippen molar-refractivity contribution in [3.63, 3.8) is 0 Å². The van der Waals surface area contributed by atoms with Crippen LogP contribution < -0.4 is 5.73 Å². The Morgan fingerprint density at radius 3 is 2.50 bits per heavy atom. The predicted octanol–water partition coefficient (Wildman–Crippen LogP) is 2.47. The number of benzene rings is 1. The molecule has 0 bridgehead atoms. The molecule has 0 heterocycles. The quantitative estimate of drug-likeness (QED) is 0.586. The average molecular weight is 279 g/mol. The average Bonchev–Trinajstić information content (AvgIpc) is 2.46. The SMILES string of the molecule is COC(=O)C(N)(COCCCC(C)C)c1ccccc1. The zero-order valence-electron chi connectivity index (χ0n) is 12.6. The summed E-state index contributed by atoms with van der Waals surface area (Å²) < 4.78 is 10.4. The molecule has 2 N–H and O–H groups in total. The van der Waals surface area contributed by atoms with Crippen molar-refractivity contribution in [3.05, 3.63) is 35.9 Å². The first kappa shape index (κ1) is 16.7. The molecule has 1 unspecified atom stereocenters. The fourth-order valence-corrected chi connectivity index (χ4v) is 2.00. The molecule has 1 aromatic rings. The van der Waals surface area contributed by atoms with Gasteiger partial charge in [-0.1, -0.05) is 44.2 Å². The topological polar surface area (TPSA) is 61.5 Å². The molecule has 1 atom stereocenters. The molecule has 0 spiro atoms. The maximum atomic E-state index is 12.0. The summed E-state index contributed by atoms with van der Waals surface area (Å²) in [4.78, 5) is 12.0. The standard InChI is InChI=1S/C16H25NO3/c1-13(2)8-7-11-20-12-16(17,15(18)19-3)14-9-5-4-6-10-14/h4-6,9-10,13H,7-8,11-12,17H2,1-3H3. The zero-order chi connectivity index (χ0) is 15.0. The summed E-state index contributed by atoms with van der Waals surface area (Å²) in [6.07, 6.45) is 2.06. The number of ether oxygens (including phenoxy) is 2. The molecule has 1 aromatic carbocycles. The van der Waals surface area contributed by atoms with Gasteiger partial charge in [0.2, 0.25) is 0 Å². The molecule has 0 aromatic heterocycles. The van der Waals surface area contributed by atoms with Gasteiger partial charge in [0.25, 0.3) is 0 Å². The van der Waals surface area contributed by atoms with Crippen molar-refractivity contribution in [2.45, 2.75) is 32.2 Å². The molecule has 4 nitrogen and oxygen atoms in total. The van der Waals surface area contributed by atoms with Gasteiger partial charge in [0.05, 0.1) is 13.7 Å². The van der Waals surface area contributed by atoms with Crippen LogP contribution in [-0.4, -0.2) is 26.3 Å². The second-order valence-corrected chi connectivity index (χ2v) is 5.42. The van der Waals surface area contributed by atoms with Crippen molar-refractivity contribution in [1.82, 2.24) is 0 Å². The first-order valence-corrected chi connectivity index (χ1v) is 7.01. The Bertz CT molecular complexity index is 405. The molecule has 0 amide bonds. The fraction of sp³-hybridized carbons (Fsp3) is 0.562. The van der Waals surface area contributed by atoms with Crippen LogP contribution in [0.15, 0.2) is 30.3 Å². The van der Waals surface area contributed by atoms with Gasteiger partial charge in [0, 0.05) is 6.61 Å². The van der Waals surface area contributed by atoms with Crippen molar-refractivity contribution in [3.8, 4) is 0 Å². The number of carbonyl (C=O) groups excluding carboxylic acids is 1. The first-order valence-electron chi connectivity index (χ1n) is 7.01. The molecular formula is C16H25NO3. The molecule has 20 heavy (non-hydrogen) atoms. The fourth-order valence-electron chi connectivity index (χ4n) is 2.00. The van der Waals surface area contributed by atoms with E-state index in [1.165, 1.54) is 7.11 Å². The van der Waals surface area contributed by atoms with E-state index < -0.39 is 11.5 Å². The normalized spacial score (nSPS) is 14.1. The van der Waals surface area contributed by atoms with Gasteiger partial charge in [-0.05, 0) is 24.3 Å². The summed E-state index contributed by atoms with van der Waals surface area (Å²) in [5.41, 5.74) is 5.68. The molecule has 0 radical (unpaired) electrons. The van der Waals surface area contributed by atoms with Gasteiger partial charge < -0.3 is 15.2 Å². The minimum Gasteiger partial charge on any atom is -0.467 e. The first-order chi connectivity index (χ1) is 9.50. The Morgan fingerprint density at radius 1 is 1.30 bits per heavy atom. The van der Waals surface area contributed by atoms with E-state index in [-0.39, 0.29) is 6.61 Å². The highest BCUT2D eigenvalue weighted by molar-refractivity contribution is 5.82. The smallest absolute Gasteiger partial charge is 0.332 e. The summed E-state index contributed by atoms with van der Waals surface area (Å²) in [7, 11) is 1.34. The Hall–Kier alpha value is -1.39. The van der Waals surface area contributed by atoms with Crippen LogP contribution in [0.1, 0.15) is 32.3 Å². The van der Waals surface area contributed by atoms with Gasteiger partial charge in [-0.2, -0.15) is 0 Å². The number of nitrogens with two attached hydrogens (primary N) is 1. The van der Waals surface area contributed by atoms with Crippen LogP contribution in [0.2, 0.25) is 0 Å². The molecule has 4 heteroatoms. The Kier molecular flexibility index (Phi) is 6.68. The van der Waals surface area contributed by atoms with Gasteiger partial charge in [-0.15, -0.1) is 0 Å². The summed E-state index contributed by atoms with van der Waals surface area (Å²) in [5.74, 6) is 0.170. The molecule has 0 saturated heterocycles. The van der Waals surface area contributed by atoms with Crippen LogP contribution >= 0.6 is 0 Å². The molecule has 0 saturated carbocycles. The summed E-state index contributed by atoms with van der Waals surface area (Å²) in [6, 6.07) is 9.20. The van der Waals surface area contributed by atoms with Crippen LogP contribution in [0.5, 0.6) is 0 Å². The molecule has 0 fully saturated rings. The van der Waals surface area contributed by atoms with E-state index in [0.29, 0.717) is 18.1 Å². The lowest BCUT2D eigenvalue weighted by molar-refractivity contribution is -0.150. The van der Waals surface area contributed by atoms with Crippen LogP contribution in [0.4, 0.5) is 0 Å². The highest BCUT2D eigenvalue weighted by atomic mass is 16.5. The van der Waals surface area contributed by atoms with E-state index in [1.54, 1.807) is 0 Å². The Balaban J connectivity index is 2.64. The van der Waals surface area contributed by atoms with E-state index in [4.69, 9.17) is 15.2 Å². The highest BCUT2D eigenvalue weighted by Crippen LogP contribution is 2.20. The number of methoxy groups -OCH3 is 1. The van der Waals surface area contributed by atoms with Crippen LogP contribution in [0, 0.1) is 5.92 Å². The monoisotopic (exact) mass is 279 g/mol. The maximum Gasteiger partial charge on any atom is 0.332 e. The minimum atomic E-state index is -1.24. The summed E-state index contributed by atoms with van der Waals surface area (Å²) >= 11 is 0. The third-order valence-corrected chi connectivity index (χ3v) is 3.24. The van der Waals surface area contributed by atoms with E-state index in [0.717, 1.165) is 12.8 Å².